The van der Waals surface area contributed by atoms with Crippen molar-refractivity contribution in [2.45, 2.75) is 38.1 Å². The molecule has 140 valence electrons. The second kappa shape index (κ2) is 8.31. The molecular weight excluding hydrogens is 375 g/mol. The van der Waals surface area contributed by atoms with Gasteiger partial charge in [0.25, 0.3) is 0 Å². The third kappa shape index (κ3) is 4.33. The van der Waals surface area contributed by atoms with Crippen LogP contribution < -0.4 is 10.6 Å². The van der Waals surface area contributed by atoms with Crippen LogP contribution >= 0.6 is 23.2 Å². The number of benzene rings is 1. The van der Waals surface area contributed by atoms with Crippen LogP contribution in [0.1, 0.15) is 43.7 Å². The summed E-state index contributed by atoms with van der Waals surface area (Å²) >= 11 is 12.2. The highest BCUT2D eigenvalue weighted by Crippen LogP contribution is 2.35. The molecule has 1 aromatic carbocycles. The summed E-state index contributed by atoms with van der Waals surface area (Å²) in [6.07, 6.45) is 5.77. The molecule has 2 fully saturated rings. The Hall–Kier alpha value is -1.72. The minimum Gasteiger partial charge on any atom is -0.465 e. The Morgan fingerprint density at radius 2 is 1.96 bits per heavy atom. The Balaban J connectivity index is 1.77. The van der Waals surface area contributed by atoms with Gasteiger partial charge in [-0.1, -0.05) is 55.1 Å². The first-order valence-corrected chi connectivity index (χ1v) is 9.59. The van der Waals surface area contributed by atoms with E-state index in [4.69, 9.17) is 27.9 Å². The summed E-state index contributed by atoms with van der Waals surface area (Å²) in [6.45, 7) is 4.24. The van der Waals surface area contributed by atoms with Crippen molar-refractivity contribution in [3.05, 3.63) is 46.1 Å². The lowest BCUT2D eigenvalue weighted by atomic mass is 9.88. The van der Waals surface area contributed by atoms with Crippen LogP contribution in [0.2, 0.25) is 10.0 Å². The summed E-state index contributed by atoms with van der Waals surface area (Å²) in [4.78, 5) is 24.7. The van der Waals surface area contributed by atoms with Gasteiger partial charge in [-0.3, -0.25) is 4.79 Å². The molecule has 0 radical (unpaired) electrons. The molecular formula is C19H22Cl2N2O3. The van der Waals surface area contributed by atoms with E-state index < -0.39 is 24.0 Å². The van der Waals surface area contributed by atoms with E-state index in [9.17, 15) is 9.59 Å². The summed E-state index contributed by atoms with van der Waals surface area (Å²) in [7, 11) is 0. The standard InChI is InChI=1S/C19H22Cl2N2O3/c1-11-16(18(24)26-10-12-5-3-2-4-6-12)17(23-19(25)22-11)14-8-7-13(20)9-15(14)21/h7-9,12,16-17H,1-6,10H2,(H2,22,23,25). The number of carbonyl (C=O) groups excluding carboxylic acids is 2. The molecule has 1 aliphatic carbocycles. The van der Waals surface area contributed by atoms with Crippen molar-refractivity contribution in [2.75, 3.05) is 6.61 Å². The lowest BCUT2D eigenvalue weighted by Gasteiger charge is -2.34. The normalized spacial score (nSPS) is 23.9. The van der Waals surface area contributed by atoms with Crippen molar-refractivity contribution in [1.29, 1.82) is 0 Å². The number of hydrogen-bond donors (Lipinski definition) is 2. The van der Waals surface area contributed by atoms with Gasteiger partial charge in [0.05, 0.1) is 12.6 Å². The van der Waals surface area contributed by atoms with Crippen LogP contribution in [0.4, 0.5) is 4.79 Å². The lowest BCUT2D eigenvalue weighted by molar-refractivity contribution is -0.150. The first-order chi connectivity index (χ1) is 12.5. The van der Waals surface area contributed by atoms with Crippen LogP contribution in [-0.2, 0) is 9.53 Å². The number of carbonyl (C=O) groups is 2. The molecule has 0 aromatic heterocycles. The first kappa shape index (κ1) is 19.1. The quantitative estimate of drug-likeness (QED) is 0.730. The van der Waals surface area contributed by atoms with Gasteiger partial charge in [-0.15, -0.1) is 0 Å². The summed E-state index contributed by atoms with van der Waals surface area (Å²) in [5.74, 6) is -0.760. The molecule has 2 atom stereocenters. The molecule has 2 aliphatic rings. The van der Waals surface area contributed by atoms with E-state index in [-0.39, 0.29) is 0 Å². The Bertz CT molecular complexity index is 717. The van der Waals surface area contributed by atoms with E-state index >= 15 is 0 Å². The highest BCUT2D eigenvalue weighted by molar-refractivity contribution is 6.35. The van der Waals surface area contributed by atoms with Crippen molar-refractivity contribution in [3.8, 4) is 0 Å². The average Bonchev–Trinajstić information content (AvgIpc) is 2.60. The Morgan fingerprint density at radius 1 is 1.23 bits per heavy atom. The van der Waals surface area contributed by atoms with E-state index in [1.165, 1.54) is 19.3 Å². The van der Waals surface area contributed by atoms with Gasteiger partial charge in [0, 0.05) is 15.7 Å². The maximum absolute atomic E-state index is 12.8. The molecule has 1 aliphatic heterocycles. The topological polar surface area (TPSA) is 67.4 Å². The molecule has 3 rings (SSSR count). The van der Waals surface area contributed by atoms with Gasteiger partial charge in [-0.05, 0) is 36.5 Å². The largest absolute Gasteiger partial charge is 0.465 e. The van der Waals surface area contributed by atoms with Gasteiger partial charge in [0.15, 0.2) is 0 Å². The summed E-state index contributed by atoms with van der Waals surface area (Å²) < 4.78 is 5.58. The van der Waals surface area contributed by atoms with Gasteiger partial charge in [-0.2, -0.15) is 0 Å². The summed E-state index contributed by atoms with van der Waals surface area (Å²) in [6, 6.07) is 3.88. The van der Waals surface area contributed by atoms with Crippen molar-refractivity contribution in [2.24, 2.45) is 11.8 Å². The number of urea groups is 1. The maximum atomic E-state index is 12.8. The highest BCUT2D eigenvalue weighted by atomic mass is 35.5. The SMILES string of the molecule is C=C1NC(=O)NC(c2ccc(Cl)cc2Cl)C1C(=O)OCC1CCCCC1. The Labute approximate surface area is 163 Å². The van der Waals surface area contributed by atoms with Crippen molar-refractivity contribution in [3.63, 3.8) is 0 Å². The summed E-state index contributed by atoms with van der Waals surface area (Å²) in [5.41, 5.74) is 0.907. The number of nitrogens with one attached hydrogen (secondary N) is 2. The number of ether oxygens (including phenoxy) is 1. The highest BCUT2D eigenvalue weighted by Gasteiger charge is 2.40. The fourth-order valence-corrected chi connectivity index (χ4v) is 4.14. The fourth-order valence-electron chi connectivity index (χ4n) is 3.62. The second-order valence-corrected chi connectivity index (χ2v) is 7.72. The average molecular weight is 397 g/mol. The number of halogens is 2. The molecule has 1 heterocycles. The van der Waals surface area contributed by atoms with E-state index in [0.29, 0.717) is 33.8 Å². The number of esters is 1. The molecule has 1 aromatic rings. The predicted octanol–water partition coefficient (Wildman–Crippen LogP) is 4.60. The minimum atomic E-state index is -0.755. The zero-order chi connectivity index (χ0) is 18.7. The van der Waals surface area contributed by atoms with Crippen LogP contribution in [0.25, 0.3) is 0 Å². The van der Waals surface area contributed by atoms with Gasteiger partial charge in [0.1, 0.15) is 5.92 Å². The molecule has 0 spiro atoms. The Kier molecular flexibility index (Phi) is 6.09. The molecule has 1 saturated heterocycles. The smallest absolute Gasteiger partial charge is 0.319 e. The lowest BCUT2D eigenvalue weighted by Crippen LogP contribution is -2.51. The third-order valence-corrected chi connectivity index (χ3v) is 5.57. The van der Waals surface area contributed by atoms with Crippen LogP contribution in [0.5, 0.6) is 0 Å². The Morgan fingerprint density at radius 3 is 2.65 bits per heavy atom. The molecule has 7 heteroatoms. The second-order valence-electron chi connectivity index (χ2n) is 6.88. The van der Waals surface area contributed by atoms with Gasteiger partial charge >= 0.3 is 12.0 Å². The minimum absolute atomic E-state index is 0.304. The predicted molar refractivity (Wildman–Crippen MR) is 101 cm³/mol. The molecule has 2 unspecified atom stereocenters. The van der Waals surface area contributed by atoms with Crippen LogP contribution in [0.15, 0.2) is 30.5 Å². The first-order valence-electron chi connectivity index (χ1n) is 8.83. The van der Waals surface area contributed by atoms with Crippen LogP contribution in [0, 0.1) is 11.8 Å². The monoisotopic (exact) mass is 396 g/mol. The van der Waals surface area contributed by atoms with Crippen LogP contribution in [-0.4, -0.2) is 18.6 Å². The van der Waals surface area contributed by atoms with Crippen molar-refractivity contribution >= 4 is 35.2 Å². The van der Waals surface area contributed by atoms with E-state index in [1.807, 2.05) is 0 Å². The van der Waals surface area contributed by atoms with Gasteiger partial charge in [0.2, 0.25) is 0 Å². The number of hydrogen-bond acceptors (Lipinski definition) is 3. The van der Waals surface area contributed by atoms with E-state index in [1.54, 1.807) is 18.2 Å². The van der Waals surface area contributed by atoms with E-state index in [0.717, 1.165) is 12.8 Å². The number of amides is 2. The third-order valence-electron chi connectivity index (χ3n) is 5.01. The molecule has 2 amide bonds. The fraction of sp³-hybridized carbons (Fsp3) is 0.474. The van der Waals surface area contributed by atoms with Crippen molar-refractivity contribution < 1.29 is 14.3 Å². The summed E-state index contributed by atoms with van der Waals surface area (Å²) in [5, 5.41) is 6.18. The number of rotatable bonds is 4. The molecule has 2 N–H and O–H groups in total. The molecule has 1 saturated carbocycles. The van der Waals surface area contributed by atoms with Gasteiger partial charge in [-0.25, -0.2) is 4.79 Å². The molecule has 26 heavy (non-hydrogen) atoms. The molecule has 5 nitrogen and oxygen atoms in total. The van der Waals surface area contributed by atoms with E-state index in [2.05, 4.69) is 17.2 Å². The van der Waals surface area contributed by atoms with Gasteiger partial charge < -0.3 is 15.4 Å². The van der Waals surface area contributed by atoms with Crippen LogP contribution in [0.3, 0.4) is 0 Å². The maximum Gasteiger partial charge on any atom is 0.319 e. The molecule has 0 bridgehead atoms. The zero-order valence-electron chi connectivity index (χ0n) is 14.4. The zero-order valence-corrected chi connectivity index (χ0v) is 15.9. The van der Waals surface area contributed by atoms with Crippen molar-refractivity contribution in [1.82, 2.24) is 10.6 Å².